The number of allylic oxidation sites excluding steroid dienone is 4. The van der Waals surface area contributed by atoms with Crippen molar-refractivity contribution in [3.8, 4) is 18.4 Å². The molecule has 0 radical (unpaired) electrons. The number of likely N-dealkylation sites (tertiary alicyclic amines) is 1. The Morgan fingerprint density at radius 2 is 2.00 bits per heavy atom. The van der Waals surface area contributed by atoms with Crippen molar-refractivity contribution in [3.63, 3.8) is 0 Å². The topological polar surface area (TPSA) is 52.0 Å². The Morgan fingerprint density at radius 1 is 1.32 bits per heavy atom. The van der Waals surface area contributed by atoms with E-state index in [1.807, 2.05) is 0 Å². The first-order chi connectivity index (χ1) is 14.9. The monoisotopic (exact) mass is 414 g/mol. The predicted octanol–water partition coefficient (Wildman–Crippen LogP) is 5.88. The summed E-state index contributed by atoms with van der Waals surface area (Å²) in [6.45, 7) is 13.1. The highest BCUT2D eigenvalue weighted by Crippen LogP contribution is 2.46. The van der Waals surface area contributed by atoms with Crippen molar-refractivity contribution < 1.29 is 0 Å². The minimum atomic E-state index is -0.319. The van der Waals surface area contributed by atoms with Gasteiger partial charge in [0.2, 0.25) is 0 Å². The van der Waals surface area contributed by atoms with Gasteiger partial charge in [-0.25, -0.2) is 4.98 Å². The van der Waals surface area contributed by atoms with E-state index in [-0.39, 0.29) is 5.41 Å². The number of aromatic nitrogens is 1. The molecule has 0 amide bonds. The maximum Gasteiger partial charge on any atom is 0.131 e. The maximum atomic E-state index is 9.15. The normalized spacial score (nSPS) is 20.6. The number of nitrogens with zero attached hydrogens (tertiary/aromatic N) is 3. The zero-order chi connectivity index (χ0) is 22.4. The Morgan fingerprint density at radius 3 is 2.58 bits per heavy atom. The van der Waals surface area contributed by atoms with Crippen LogP contribution < -0.4 is 5.32 Å². The minimum Gasteiger partial charge on any atom is -0.374 e. The van der Waals surface area contributed by atoms with E-state index in [4.69, 9.17) is 11.7 Å². The summed E-state index contributed by atoms with van der Waals surface area (Å²) in [4.78, 5) is 6.81. The first-order valence-corrected chi connectivity index (χ1v) is 11.4. The number of anilines is 1. The second-order valence-electron chi connectivity index (χ2n) is 8.96. The summed E-state index contributed by atoms with van der Waals surface area (Å²) in [5.41, 5.74) is 3.37. The van der Waals surface area contributed by atoms with Crippen LogP contribution in [0.1, 0.15) is 58.4 Å². The molecule has 2 heterocycles. The minimum absolute atomic E-state index is 0.319. The van der Waals surface area contributed by atoms with Gasteiger partial charge in [-0.3, -0.25) is 0 Å². The largest absolute Gasteiger partial charge is 0.374 e. The first-order valence-electron chi connectivity index (χ1n) is 11.4. The third-order valence-electron chi connectivity index (χ3n) is 6.53. The second-order valence-corrected chi connectivity index (χ2v) is 8.96. The van der Waals surface area contributed by atoms with Crippen molar-refractivity contribution in [1.29, 1.82) is 5.26 Å². The van der Waals surface area contributed by atoms with Gasteiger partial charge in [0.25, 0.3) is 0 Å². The molecule has 2 aliphatic rings. The van der Waals surface area contributed by atoms with Crippen LogP contribution in [0.5, 0.6) is 0 Å². The number of nitrogens with one attached hydrogen (secondary N) is 1. The Bertz CT molecular complexity index is 940. The number of piperidine rings is 1. The Balaban J connectivity index is 1.92. The second kappa shape index (κ2) is 9.88. The van der Waals surface area contributed by atoms with Gasteiger partial charge in [-0.15, -0.1) is 6.42 Å². The molecule has 0 spiro atoms. The first kappa shape index (κ1) is 22.7. The van der Waals surface area contributed by atoms with Crippen molar-refractivity contribution in [2.75, 3.05) is 18.4 Å². The molecule has 4 heteroatoms. The molecule has 1 N–H and O–H groups in total. The SMILES string of the molecule is C#CC(CCC)(CCC)C(/C=C(\C)N1CC2CC2C1)=C/C(=C)Nc1cc(C#N)ccn1. The van der Waals surface area contributed by atoms with Crippen molar-refractivity contribution in [2.45, 2.75) is 52.9 Å². The van der Waals surface area contributed by atoms with Crippen LogP contribution in [0.2, 0.25) is 0 Å². The summed E-state index contributed by atoms with van der Waals surface area (Å²) in [6, 6.07) is 5.56. The summed E-state index contributed by atoms with van der Waals surface area (Å²) in [7, 11) is 0. The van der Waals surface area contributed by atoms with Crippen molar-refractivity contribution in [2.24, 2.45) is 17.3 Å². The summed E-state index contributed by atoms with van der Waals surface area (Å²) < 4.78 is 0. The molecule has 1 saturated heterocycles. The van der Waals surface area contributed by atoms with Gasteiger partial charge in [0.15, 0.2) is 0 Å². The zero-order valence-electron chi connectivity index (χ0n) is 19.1. The third kappa shape index (κ3) is 5.39. The summed E-state index contributed by atoms with van der Waals surface area (Å²) in [5, 5.41) is 12.4. The van der Waals surface area contributed by atoms with Gasteiger partial charge in [0.05, 0.1) is 17.0 Å². The molecule has 2 fully saturated rings. The lowest BCUT2D eigenvalue weighted by Gasteiger charge is -2.31. The van der Waals surface area contributed by atoms with Gasteiger partial charge in [-0.2, -0.15) is 5.26 Å². The van der Waals surface area contributed by atoms with Gasteiger partial charge in [0, 0.05) is 30.7 Å². The molecule has 0 bridgehead atoms. The van der Waals surface area contributed by atoms with E-state index in [0.29, 0.717) is 11.4 Å². The molecule has 0 aromatic carbocycles. The molecule has 1 aromatic heterocycles. The average molecular weight is 415 g/mol. The van der Waals surface area contributed by atoms with E-state index >= 15 is 0 Å². The van der Waals surface area contributed by atoms with Crippen LogP contribution in [0.25, 0.3) is 0 Å². The third-order valence-corrected chi connectivity index (χ3v) is 6.53. The number of nitriles is 1. The fourth-order valence-corrected chi connectivity index (χ4v) is 4.77. The van der Waals surface area contributed by atoms with Crippen LogP contribution in [0.3, 0.4) is 0 Å². The molecule has 1 aliphatic carbocycles. The van der Waals surface area contributed by atoms with Gasteiger partial charge >= 0.3 is 0 Å². The number of terminal acetylenes is 1. The van der Waals surface area contributed by atoms with Gasteiger partial charge < -0.3 is 10.2 Å². The molecule has 2 atom stereocenters. The number of rotatable bonds is 10. The highest BCUT2D eigenvalue weighted by atomic mass is 15.2. The molecular weight excluding hydrogens is 380 g/mol. The van der Waals surface area contributed by atoms with Crippen molar-refractivity contribution >= 4 is 5.82 Å². The Hall–Kier alpha value is -2.98. The number of hydrogen-bond acceptors (Lipinski definition) is 4. The number of pyridine rings is 1. The Kier molecular flexibility index (Phi) is 7.24. The van der Waals surface area contributed by atoms with E-state index < -0.39 is 0 Å². The number of hydrogen-bond donors (Lipinski definition) is 1. The van der Waals surface area contributed by atoms with E-state index in [2.05, 4.69) is 66.7 Å². The lowest BCUT2D eigenvalue weighted by molar-refractivity contribution is 0.375. The highest BCUT2D eigenvalue weighted by Gasteiger charge is 2.45. The van der Waals surface area contributed by atoms with Crippen LogP contribution in [0, 0.1) is 40.9 Å². The highest BCUT2D eigenvalue weighted by molar-refractivity contribution is 5.51. The van der Waals surface area contributed by atoms with Crippen LogP contribution in [0.15, 0.2) is 54.0 Å². The van der Waals surface area contributed by atoms with Crippen molar-refractivity contribution in [3.05, 3.63) is 59.6 Å². The average Bonchev–Trinajstić information content (AvgIpc) is 3.37. The van der Waals surface area contributed by atoms with Gasteiger partial charge in [-0.05, 0) is 67.9 Å². The summed E-state index contributed by atoms with van der Waals surface area (Å²) >= 11 is 0. The molecule has 1 aliphatic heterocycles. The van der Waals surface area contributed by atoms with E-state index in [1.165, 1.54) is 12.1 Å². The summed E-state index contributed by atoms with van der Waals surface area (Å²) in [6.07, 6.45) is 17.5. The standard InChI is InChI=1S/C27H34N4/c1-6-10-27(8-3,11-7-2)25(14-21(5)31-18-23-16-24(23)19-31)13-20(4)30-26-15-22(17-28)9-12-29-26/h3,9,12-15,23-24H,4,6-7,10-11,16,18-19H2,1-2,5H3,(H,29,30)/b21-14+,25-13+. The quantitative estimate of drug-likeness (QED) is 0.384. The molecular formula is C27H34N4. The predicted molar refractivity (Wildman–Crippen MR) is 128 cm³/mol. The fourth-order valence-electron chi connectivity index (χ4n) is 4.77. The molecule has 4 nitrogen and oxygen atoms in total. The van der Waals surface area contributed by atoms with Gasteiger partial charge in [-0.1, -0.05) is 39.2 Å². The molecule has 1 saturated carbocycles. The van der Waals surface area contributed by atoms with E-state index in [0.717, 1.165) is 61.9 Å². The van der Waals surface area contributed by atoms with Crippen molar-refractivity contribution in [1.82, 2.24) is 9.88 Å². The lowest BCUT2D eigenvalue weighted by Crippen LogP contribution is -2.24. The zero-order valence-corrected chi connectivity index (χ0v) is 19.1. The lowest BCUT2D eigenvalue weighted by atomic mass is 9.73. The van der Waals surface area contributed by atoms with E-state index in [1.54, 1.807) is 18.3 Å². The maximum absolute atomic E-state index is 9.15. The van der Waals surface area contributed by atoms with Crippen LogP contribution >= 0.6 is 0 Å². The summed E-state index contributed by atoms with van der Waals surface area (Å²) in [5.74, 6) is 5.54. The fraction of sp³-hybridized carbons (Fsp3) is 0.481. The van der Waals surface area contributed by atoms with Crippen LogP contribution in [-0.4, -0.2) is 23.0 Å². The smallest absolute Gasteiger partial charge is 0.131 e. The Labute approximate surface area is 187 Å². The van der Waals surface area contributed by atoms with E-state index in [9.17, 15) is 0 Å². The van der Waals surface area contributed by atoms with Crippen LogP contribution in [0.4, 0.5) is 5.82 Å². The molecule has 162 valence electrons. The van der Waals surface area contributed by atoms with Crippen LogP contribution in [-0.2, 0) is 0 Å². The van der Waals surface area contributed by atoms with Gasteiger partial charge in [0.1, 0.15) is 5.82 Å². The molecule has 1 aromatic rings. The molecule has 31 heavy (non-hydrogen) atoms. The number of fused-ring (bicyclic) bond motifs is 1. The molecule has 2 unspecified atom stereocenters. The molecule has 3 rings (SSSR count).